The summed E-state index contributed by atoms with van der Waals surface area (Å²) in [6.07, 6.45) is 0.748. The minimum absolute atomic E-state index is 0.333. The van der Waals surface area contributed by atoms with E-state index in [0.717, 1.165) is 17.7 Å². The number of benzene rings is 1. The van der Waals surface area contributed by atoms with E-state index < -0.39 is 5.97 Å². The molecule has 0 spiro atoms. The Morgan fingerprint density at radius 3 is 2.94 bits per heavy atom. The van der Waals surface area contributed by atoms with Crippen molar-refractivity contribution in [2.24, 2.45) is 0 Å². The third kappa shape index (κ3) is 2.28. The van der Waals surface area contributed by atoms with E-state index in [0.29, 0.717) is 5.56 Å². The van der Waals surface area contributed by atoms with E-state index in [1.807, 2.05) is 18.5 Å². The molecule has 3 nitrogen and oxygen atoms in total. The number of rotatable bonds is 3. The molecule has 0 saturated carbocycles. The van der Waals surface area contributed by atoms with Crippen molar-refractivity contribution in [3.63, 3.8) is 0 Å². The van der Waals surface area contributed by atoms with Gasteiger partial charge in [-0.3, -0.25) is 0 Å². The highest BCUT2D eigenvalue weighted by atomic mass is 32.1. The van der Waals surface area contributed by atoms with Crippen molar-refractivity contribution in [1.29, 1.82) is 0 Å². The molecule has 1 aromatic heterocycles. The highest BCUT2D eigenvalue weighted by Gasteiger charge is 2.06. The van der Waals surface area contributed by atoms with E-state index in [9.17, 15) is 4.79 Å². The molecule has 0 aliphatic carbocycles. The van der Waals surface area contributed by atoms with Crippen LogP contribution in [0.5, 0.6) is 0 Å². The lowest BCUT2D eigenvalue weighted by Gasteiger charge is -2.01. The number of hydrogen-bond donors (Lipinski definition) is 1. The van der Waals surface area contributed by atoms with E-state index in [-0.39, 0.29) is 0 Å². The van der Waals surface area contributed by atoms with Gasteiger partial charge in [-0.15, -0.1) is 11.3 Å². The molecule has 4 heteroatoms. The molecule has 0 bridgehead atoms. The average molecular weight is 233 g/mol. The molecule has 0 unspecified atom stereocenters. The first-order valence-corrected chi connectivity index (χ1v) is 5.76. The maximum Gasteiger partial charge on any atom is 0.335 e. The summed E-state index contributed by atoms with van der Waals surface area (Å²) in [6.45, 7) is 1.97. The van der Waals surface area contributed by atoms with Crippen LogP contribution in [0.25, 0.3) is 0 Å². The third-order valence-corrected chi connectivity index (χ3v) is 3.32. The monoisotopic (exact) mass is 233 g/mol. The minimum Gasteiger partial charge on any atom is -0.478 e. The molecule has 0 radical (unpaired) electrons. The summed E-state index contributed by atoms with van der Waals surface area (Å²) in [4.78, 5) is 16.2. The Bertz CT molecular complexity index is 519. The van der Waals surface area contributed by atoms with E-state index in [1.54, 1.807) is 29.5 Å². The van der Waals surface area contributed by atoms with Crippen LogP contribution in [0.2, 0.25) is 0 Å². The van der Waals surface area contributed by atoms with Gasteiger partial charge in [0.25, 0.3) is 0 Å². The summed E-state index contributed by atoms with van der Waals surface area (Å²) < 4.78 is 0. The van der Waals surface area contributed by atoms with Crippen molar-refractivity contribution < 1.29 is 9.90 Å². The van der Waals surface area contributed by atoms with Gasteiger partial charge in [0, 0.05) is 11.3 Å². The van der Waals surface area contributed by atoms with Crippen LogP contribution in [0.1, 0.15) is 26.5 Å². The van der Waals surface area contributed by atoms with Crippen LogP contribution in [0.3, 0.4) is 0 Å². The largest absolute Gasteiger partial charge is 0.478 e. The van der Waals surface area contributed by atoms with Crippen LogP contribution in [0.4, 0.5) is 0 Å². The molecule has 0 aliphatic heterocycles. The fourth-order valence-corrected chi connectivity index (χ4v) is 2.31. The molecule has 16 heavy (non-hydrogen) atoms. The van der Waals surface area contributed by atoms with Gasteiger partial charge in [0.2, 0.25) is 0 Å². The second-order valence-corrected chi connectivity index (χ2v) is 4.48. The van der Waals surface area contributed by atoms with Crippen molar-refractivity contribution in [1.82, 2.24) is 4.98 Å². The second-order valence-electron chi connectivity index (χ2n) is 3.54. The van der Waals surface area contributed by atoms with Crippen LogP contribution < -0.4 is 0 Å². The quantitative estimate of drug-likeness (QED) is 0.886. The van der Waals surface area contributed by atoms with Gasteiger partial charge in [0.05, 0.1) is 16.8 Å². The molecule has 1 aromatic carbocycles. The number of nitrogens with zero attached hydrogens (tertiary/aromatic N) is 1. The number of carbonyl (C=O) groups is 1. The summed E-state index contributed by atoms with van der Waals surface area (Å²) in [5.41, 5.74) is 4.17. The van der Waals surface area contributed by atoms with Gasteiger partial charge < -0.3 is 5.11 Å². The van der Waals surface area contributed by atoms with Crippen molar-refractivity contribution >= 4 is 17.3 Å². The topological polar surface area (TPSA) is 50.2 Å². The van der Waals surface area contributed by atoms with Gasteiger partial charge in [-0.1, -0.05) is 12.1 Å². The average Bonchev–Trinajstić information content (AvgIpc) is 2.65. The maximum atomic E-state index is 10.8. The molecule has 0 amide bonds. The van der Waals surface area contributed by atoms with Crippen LogP contribution in [-0.2, 0) is 6.42 Å². The van der Waals surface area contributed by atoms with Gasteiger partial charge >= 0.3 is 5.97 Å². The number of aromatic nitrogens is 1. The van der Waals surface area contributed by atoms with Crippen molar-refractivity contribution in [2.75, 3.05) is 0 Å². The predicted octanol–water partition coefficient (Wildman–Crippen LogP) is 2.74. The number of carboxylic acid groups (broad SMARTS) is 1. The zero-order valence-electron chi connectivity index (χ0n) is 8.80. The maximum absolute atomic E-state index is 10.8. The lowest BCUT2D eigenvalue weighted by atomic mass is 10.1. The molecule has 1 N–H and O–H groups in total. The molecule has 1 heterocycles. The summed E-state index contributed by atoms with van der Waals surface area (Å²) in [5.74, 6) is -0.886. The molecular formula is C12H11NO2S. The lowest BCUT2D eigenvalue weighted by Crippen LogP contribution is -1.97. The molecule has 82 valence electrons. The molecular weight excluding hydrogens is 222 g/mol. The summed E-state index contributed by atoms with van der Waals surface area (Å²) in [6, 6.07) is 7.02. The first-order chi connectivity index (χ1) is 7.66. The van der Waals surface area contributed by atoms with E-state index in [2.05, 4.69) is 4.98 Å². The van der Waals surface area contributed by atoms with Crippen LogP contribution in [-0.4, -0.2) is 16.1 Å². The first kappa shape index (κ1) is 10.8. The Kier molecular flexibility index (Phi) is 3.01. The standard InChI is InChI=1S/C12H11NO2S/c1-8-11(16-7-13-8)6-9-3-2-4-10(5-9)12(14)15/h2-5,7H,6H2,1H3,(H,14,15). The van der Waals surface area contributed by atoms with Gasteiger partial charge in [-0.25, -0.2) is 9.78 Å². The van der Waals surface area contributed by atoms with Gasteiger partial charge in [0.15, 0.2) is 0 Å². The highest BCUT2D eigenvalue weighted by molar-refractivity contribution is 7.09. The van der Waals surface area contributed by atoms with Crippen molar-refractivity contribution in [3.05, 3.63) is 51.5 Å². The summed E-state index contributed by atoms with van der Waals surface area (Å²) >= 11 is 1.60. The Morgan fingerprint density at radius 2 is 2.31 bits per heavy atom. The Labute approximate surface area is 97.4 Å². The first-order valence-electron chi connectivity index (χ1n) is 4.88. The number of aryl methyl sites for hydroxylation is 1. The SMILES string of the molecule is Cc1ncsc1Cc1cccc(C(=O)O)c1. The van der Waals surface area contributed by atoms with Gasteiger partial charge in [-0.05, 0) is 24.6 Å². The third-order valence-electron chi connectivity index (χ3n) is 2.38. The van der Waals surface area contributed by atoms with Crippen molar-refractivity contribution in [3.8, 4) is 0 Å². The second kappa shape index (κ2) is 4.45. The molecule has 0 fully saturated rings. The normalized spacial score (nSPS) is 10.3. The highest BCUT2D eigenvalue weighted by Crippen LogP contribution is 2.18. The van der Waals surface area contributed by atoms with Crippen LogP contribution >= 0.6 is 11.3 Å². The Morgan fingerprint density at radius 1 is 1.50 bits per heavy atom. The Hall–Kier alpha value is -1.68. The fraction of sp³-hybridized carbons (Fsp3) is 0.167. The molecule has 0 atom stereocenters. The smallest absolute Gasteiger partial charge is 0.335 e. The molecule has 0 saturated heterocycles. The zero-order valence-corrected chi connectivity index (χ0v) is 9.62. The molecule has 2 aromatic rings. The van der Waals surface area contributed by atoms with E-state index >= 15 is 0 Å². The van der Waals surface area contributed by atoms with Gasteiger partial charge in [-0.2, -0.15) is 0 Å². The van der Waals surface area contributed by atoms with Crippen molar-refractivity contribution in [2.45, 2.75) is 13.3 Å². The van der Waals surface area contributed by atoms with Crippen LogP contribution in [0, 0.1) is 6.92 Å². The number of thiazole rings is 1. The fourth-order valence-electron chi connectivity index (χ4n) is 1.50. The summed E-state index contributed by atoms with van der Waals surface area (Å²) in [5, 5.41) is 8.88. The zero-order chi connectivity index (χ0) is 11.5. The lowest BCUT2D eigenvalue weighted by molar-refractivity contribution is 0.0697. The Balaban J connectivity index is 2.25. The summed E-state index contributed by atoms with van der Waals surface area (Å²) in [7, 11) is 0. The number of carboxylic acids is 1. The van der Waals surface area contributed by atoms with Crippen LogP contribution in [0.15, 0.2) is 29.8 Å². The van der Waals surface area contributed by atoms with Gasteiger partial charge in [0.1, 0.15) is 0 Å². The minimum atomic E-state index is -0.886. The molecule has 0 aliphatic rings. The number of hydrogen-bond acceptors (Lipinski definition) is 3. The molecule has 2 rings (SSSR count). The van der Waals surface area contributed by atoms with E-state index in [4.69, 9.17) is 5.11 Å². The number of aromatic carboxylic acids is 1. The predicted molar refractivity (Wildman–Crippen MR) is 63.1 cm³/mol. The van der Waals surface area contributed by atoms with E-state index in [1.165, 1.54) is 4.88 Å².